The van der Waals surface area contributed by atoms with Gasteiger partial charge in [0.25, 0.3) is 0 Å². The van der Waals surface area contributed by atoms with Crippen LogP contribution in [-0.4, -0.2) is 34.2 Å². The van der Waals surface area contributed by atoms with Crippen LogP contribution in [0.5, 0.6) is 17.2 Å². The highest BCUT2D eigenvalue weighted by Crippen LogP contribution is 2.57. The molecule has 1 aromatic rings. The zero-order valence-electron chi connectivity index (χ0n) is 16.5. The van der Waals surface area contributed by atoms with Gasteiger partial charge in [-0.1, -0.05) is 32.9 Å². The van der Waals surface area contributed by atoms with Crippen molar-refractivity contribution >= 4 is 11.8 Å². The molecule has 0 saturated heterocycles. The van der Waals surface area contributed by atoms with Crippen LogP contribution >= 0.6 is 0 Å². The van der Waals surface area contributed by atoms with Crippen molar-refractivity contribution < 1.29 is 29.6 Å². The largest absolute Gasteiger partial charge is 0.507 e. The summed E-state index contributed by atoms with van der Waals surface area (Å²) < 4.78 is 5.37. The Morgan fingerprint density at radius 1 is 1.33 bits per heavy atom. The first-order valence-electron chi connectivity index (χ1n) is 9.03. The molecule has 0 unspecified atom stereocenters. The highest BCUT2D eigenvalue weighted by Gasteiger charge is 2.48. The summed E-state index contributed by atoms with van der Waals surface area (Å²) in [5, 5.41) is 31.1. The molecule has 0 spiro atoms. The fourth-order valence-electron chi connectivity index (χ4n) is 4.36. The van der Waals surface area contributed by atoms with Gasteiger partial charge in [0.15, 0.2) is 17.3 Å². The lowest BCUT2D eigenvalue weighted by Crippen LogP contribution is -2.40. The molecule has 0 amide bonds. The molecule has 0 bridgehead atoms. The first-order valence-corrected chi connectivity index (χ1v) is 9.03. The van der Waals surface area contributed by atoms with Crippen LogP contribution in [0.15, 0.2) is 12.2 Å². The van der Waals surface area contributed by atoms with Crippen molar-refractivity contribution in [3.8, 4) is 17.2 Å². The highest BCUT2D eigenvalue weighted by molar-refractivity contribution is 6.04. The number of carbonyl (C=O) groups excluding carboxylic acids is 1. The van der Waals surface area contributed by atoms with E-state index in [1.54, 1.807) is 6.92 Å². The number of benzene rings is 1. The molecule has 3 N–H and O–H groups in total. The second-order valence-electron chi connectivity index (χ2n) is 7.89. The van der Waals surface area contributed by atoms with E-state index in [1.807, 2.05) is 20.8 Å². The number of aromatic hydroxyl groups is 2. The molecule has 0 aliphatic heterocycles. The topological polar surface area (TPSA) is 104 Å². The van der Waals surface area contributed by atoms with Crippen molar-refractivity contribution in [1.29, 1.82) is 0 Å². The number of carboxylic acids is 1. The number of fused-ring (bicyclic) bond motifs is 1. The third-order valence-electron chi connectivity index (χ3n) is 5.68. The van der Waals surface area contributed by atoms with Crippen molar-refractivity contribution in [2.24, 2.45) is 5.92 Å². The van der Waals surface area contributed by atoms with Gasteiger partial charge in [-0.25, -0.2) is 0 Å². The number of Topliss-reactive ketones (excluding diaryl/α,β-unsaturated/α-hetero) is 1. The van der Waals surface area contributed by atoms with Crippen LogP contribution in [-0.2, 0) is 10.2 Å². The average Bonchev–Trinajstić information content (AvgIpc) is 2.57. The lowest BCUT2D eigenvalue weighted by molar-refractivity contribution is -0.137. The molecule has 1 aliphatic rings. The molecule has 0 aromatic heterocycles. The number of allylic oxidation sites excluding steroid dienone is 1. The van der Waals surface area contributed by atoms with Crippen molar-refractivity contribution in [1.82, 2.24) is 0 Å². The van der Waals surface area contributed by atoms with Gasteiger partial charge in [0.1, 0.15) is 5.75 Å². The van der Waals surface area contributed by atoms with Crippen LogP contribution in [0.2, 0.25) is 0 Å². The number of hydrogen-bond donors (Lipinski definition) is 3. The third-order valence-corrected chi connectivity index (χ3v) is 5.68. The van der Waals surface area contributed by atoms with Crippen molar-refractivity contribution in [3.05, 3.63) is 28.8 Å². The van der Waals surface area contributed by atoms with Crippen LogP contribution < -0.4 is 4.74 Å². The normalized spacial score (nSPS) is 21.9. The van der Waals surface area contributed by atoms with E-state index in [2.05, 4.69) is 6.58 Å². The maximum atomic E-state index is 12.9. The summed E-state index contributed by atoms with van der Waals surface area (Å²) in [5.74, 6) is -2.07. The predicted octanol–water partition coefficient (Wildman–Crippen LogP) is 4.13. The average molecular weight is 376 g/mol. The number of ether oxygens (including phenoxy) is 1. The molecule has 6 nitrogen and oxygen atoms in total. The van der Waals surface area contributed by atoms with Crippen molar-refractivity contribution in [2.75, 3.05) is 7.11 Å². The Bertz CT molecular complexity index is 808. The first kappa shape index (κ1) is 20.8. The lowest BCUT2D eigenvalue weighted by Gasteiger charge is -2.44. The highest BCUT2D eigenvalue weighted by atomic mass is 16.5. The van der Waals surface area contributed by atoms with Gasteiger partial charge in [0, 0.05) is 29.4 Å². The molecule has 27 heavy (non-hydrogen) atoms. The van der Waals surface area contributed by atoms with Crippen LogP contribution in [0, 0.1) is 5.92 Å². The molecule has 2 atom stereocenters. The minimum atomic E-state index is -0.968. The number of rotatable bonds is 6. The summed E-state index contributed by atoms with van der Waals surface area (Å²) in [4.78, 5) is 24.1. The summed E-state index contributed by atoms with van der Waals surface area (Å²) >= 11 is 0. The van der Waals surface area contributed by atoms with Crippen LogP contribution in [0.1, 0.15) is 74.4 Å². The second-order valence-corrected chi connectivity index (χ2v) is 7.89. The number of carbonyl (C=O) groups is 2. The summed E-state index contributed by atoms with van der Waals surface area (Å²) in [5.41, 5.74) is 0.552. The summed E-state index contributed by atoms with van der Waals surface area (Å²) in [6.07, 6.45) is 0.162. The van der Waals surface area contributed by atoms with E-state index in [1.165, 1.54) is 7.11 Å². The van der Waals surface area contributed by atoms with Gasteiger partial charge < -0.3 is 20.1 Å². The number of ketones is 1. The van der Waals surface area contributed by atoms with E-state index in [-0.39, 0.29) is 65.3 Å². The Morgan fingerprint density at radius 2 is 1.93 bits per heavy atom. The quantitative estimate of drug-likeness (QED) is 0.509. The molecule has 0 fully saturated rings. The third kappa shape index (κ3) is 3.29. The minimum Gasteiger partial charge on any atom is -0.507 e. The Hall–Kier alpha value is -2.50. The summed E-state index contributed by atoms with van der Waals surface area (Å²) in [7, 11) is 1.39. The zero-order chi connectivity index (χ0) is 20.7. The second kappa shape index (κ2) is 7.25. The number of carboxylic acid groups (broad SMARTS) is 1. The van der Waals surface area contributed by atoms with Gasteiger partial charge in [-0.2, -0.15) is 0 Å². The number of phenols is 2. The van der Waals surface area contributed by atoms with Gasteiger partial charge >= 0.3 is 5.97 Å². The Labute approximate surface area is 159 Å². The molecule has 1 aliphatic carbocycles. The maximum absolute atomic E-state index is 12.9. The molecular weight excluding hydrogens is 348 g/mol. The lowest BCUT2D eigenvalue weighted by atomic mass is 9.59. The van der Waals surface area contributed by atoms with E-state index in [0.29, 0.717) is 5.56 Å². The standard InChI is InChI=1S/C21H28O6/c1-10(2)12-9-13(22)16-17(21(12,5)8-7-14(23)24)19(26)20(27-6)15(11(3)4)18(16)25/h11-12,25-26H,1,7-9H2,2-6H3,(H,23,24)/t12-,21-/m0/s1. The van der Waals surface area contributed by atoms with E-state index in [9.17, 15) is 24.9 Å². The maximum Gasteiger partial charge on any atom is 0.303 e. The molecule has 0 radical (unpaired) electrons. The Morgan fingerprint density at radius 3 is 2.37 bits per heavy atom. The molecule has 1 aromatic carbocycles. The monoisotopic (exact) mass is 376 g/mol. The van der Waals surface area contributed by atoms with Crippen LogP contribution in [0.25, 0.3) is 0 Å². The molecule has 148 valence electrons. The summed E-state index contributed by atoms with van der Waals surface area (Å²) in [6, 6.07) is 0. The van der Waals surface area contributed by atoms with E-state index < -0.39 is 11.4 Å². The van der Waals surface area contributed by atoms with Gasteiger partial charge in [0.05, 0.1) is 12.7 Å². The van der Waals surface area contributed by atoms with Crippen LogP contribution in [0.3, 0.4) is 0 Å². The molecule has 0 heterocycles. The SMILES string of the molecule is C=C(C)[C@@H]1CC(=O)c2c(O)c(C(C)C)c(OC)c(O)c2[C@@]1(C)CCC(=O)O. The van der Waals surface area contributed by atoms with Crippen molar-refractivity contribution in [2.45, 2.75) is 58.3 Å². The number of phenolic OH excluding ortho intramolecular Hbond substituents is 2. The molecular formula is C21H28O6. The van der Waals surface area contributed by atoms with Crippen LogP contribution in [0.4, 0.5) is 0 Å². The number of aliphatic carboxylic acids is 1. The number of methoxy groups -OCH3 is 1. The minimum absolute atomic E-state index is 0.0717. The fraction of sp³-hybridized carbons (Fsp3) is 0.524. The van der Waals surface area contributed by atoms with E-state index >= 15 is 0 Å². The van der Waals surface area contributed by atoms with E-state index in [4.69, 9.17) is 4.74 Å². The van der Waals surface area contributed by atoms with Crippen molar-refractivity contribution in [3.63, 3.8) is 0 Å². The fourth-order valence-corrected chi connectivity index (χ4v) is 4.36. The van der Waals surface area contributed by atoms with Gasteiger partial charge in [-0.15, -0.1) is 0 Å². The first-order chi connectivity index (χ1) is 12.5. The van der Waals surface area contributed by atoms with Gasteiger partial charge in [-0.05, 0) is 25.2 Å². The van der Waals surface area contributed by atoms with E-state index in [0.717, 1.165) is 5.57 Å². The predicted molar refractivity (Wildman–Crippen MR) is 102 cm³/mol. The molecule has 2 rings (SSSR count). The smallest absolute Gasteiger partial charge is 0.303 e. The molecule has 0 saturated carbocycles. The van der Waals surface area contributed by atoms with Gasteiger partial charge in [-0.3, -0.25) is 9.59 Å². The van der Waals surface area contributed by atoms with Gasteiger partial charge in [0.2, 0.25) is 0 Å². The molecule has 6 heteroatoms. The Kier molecular flexibility index (Phi) is 5.59. The Balaban J connectivity index is 2.90. The summed E-state index contributed by atoms with van der Waals surface area (Å²) in [6.45, 7) is 11.2. The zero-order valence-corrected chi connectivity index (χ0v) is 16.5. The number of hydrogen-bond acceptors (Lipinski definition) is 5.